The van der Waals surface area contributed by atoms with E-state index >= 15 is 0 Å². The topological polar surface area (TPSA) is 96.9 Å². The lowest BCUT2D eigenvalue weighted by Gasteiger charge is -2.08. The third-order valence-electron chi connectivity index (χ3n) is 3.99. The molecular formula is C18H14FN5O2S. The predicted molar refractivity (Wildman–Crippen MR) is 98.0 cm³/mol. The molecule has 0 radical (unpaired) electrons. The Bertz CT molecular complexity index is 987. The number of halogens is 1. The zero-order chi connectivity index (χ0) is 18.8. The van der Waals surface area contributed by atoms with Crippen LogP contribution < -0.4 is 10.6 Å². The van der Waals surface area contributed by atoms with E-state index in [1.165, 1.54) is 41.7 Å². The average Bonchev–Trinajstić information content (AvgIpc) is 3.31. The summed E-state index contributed by atoms with van der Waals surface area (Å²) in [5.41, 5.74) is 2.63. The van der Waals surface area contributed by atoms with Crippen LogP contribution in [-0.2, 0) is 0 Å². The Balaban J connectivity index is 1.52. The molecule has 2 amide bonds. The maximum Gasteiger partial charge on any atom is 0.276 e. The van der Waals surface area contributed by atoms with E-state index in [4.69, 9.17) is 0 Å². The molecule has 1 fully saturated rings. The van der Waals surface area contributed by atoms with Gasteiger partial charge in [-0.3, -0.25) is 9.59 Å². The molecule has 0 bridgehead atoms. The molecule has 4 rings (SSSR count). The van der Waals surface area contributed by atoms with Crippen molar-refractivity contribution < 1.29 is 14.0 Å². The number of aromatic nitrogens is 3. The minimum atomic E-state index is -0.508. The summed E-state index contributed by atoms with van der Waals surface area (Å²) < 4.78 is 14.2. The summed E-state index contributed by atoms with van der Waals surface area (Å²) in [4.78, 5) is 28.0. The second-order valence-electron chi connectivity index (χ2n) is 6.07. The van der Waals surface area contributed by atoms with Gasteiger partial charge >= 0.3 is 0 Å². The normalized spacial score (nSPS) is 13.2. The van der Waals surface area contributed by atoms with E-state index in [-0.39, 0.29) is 34.7 Å². The van der Waals surface area contributed by atoms with Crippen molar-refractivity contribution in [1.82, 2.24) is 20.5 Å². The lowest BCUT2D eigenvalue weighted by molar-refractivity contribution is 0.0950. The summed E-state index contributed by atoms with van der Waals surface area (Å²) in [6.45, 7) is 0. The summed E-state index contributed by atoms with van der Waals surface area (Å²) >= 11 is 1.31. The van der Waals surface area contributed by atoms with E-state index in [9.17, 15) is 14.0 Å². The van der Waals surface area contributed by atoms with Crippen LogP contribution >= 0.6 is 11.3 Å². The van der Waals surface area contributed by atoms with Gasteiger partial charge in [0, 0.05) is 22.5 Å². The Kier molecular flexibility index (Phi) is 4.59. The third-order valence-corrected chi connectivity index (χ3v) is 4.57. The van der Waals surface area contributed by atoms with E-state index in [0.717, 1.165) is 12.8 Å². The fourth-order valence-electron chi connectivity index (χ4n) is 2.41. The van der Waals surface area contributed by atoms with Crippen LogP contribution in [0.1, 0.15) is 33.7 Å². The number of nitrogens with one attached hydrogen (secondary N) is 2. The van der Waals surface area contributed by atoms with E-state index in [0.29, 0.717) is 5.56 Å². The van der Waals surface area contributed by atoms with Crippen LogP contribution in [0.3, 0.4) is 0 Å². The Morgan fingerprint density at radius 2 is 1.96 bits per heavy atom. The average molecular weight is 383 g/mol. The highest BCUT2D eigenvalue weighted by atomic mass is 32.1. The Labute approximate surface area is 157 Å². The predicted octanol–water partition coefficient (Wildman–Crippen LogP) is 2.88. The van der Waals surface area contributed by atoms with Crippen LogP contribution in [0.4, 0.5) is 10.2 Å². The Morgan fingerprint density at radius 3 is 2.63 bits per heavy atom. The highest BCUT2D eigenvalue weighted by Crippen LogP contribution is 2.24. The second kappa shape index (κ2) is 7.20. The molecule has 1 aliphatic carbocycles. The monoisotopic (exact) mass is 383 g/mol. The van der Waals surface area contributed by atoms with Gasteiger partial charge in [-0.25, -0.2) is 9.37 Å². The zero-order valence-corrected chi connectivity index (χ0v) is 14.8. The van der Waals surface area contributed by atoms with Crippen LogP contribution in [0.25, 0.3) is 11.3 Å². The van der Waals surface area contributed by atoms with Gasteiger partial charge in [-0.2, -0.15) is 0 Å². The highest BCUT2D eigenvalue weighted by molar-refractivity contribution is 7.07. The molecule has 0 aliphatic heterocycles. The van der Waals surface area contributed by atoms with Crippen LogP contribution in [-0.4, -0.2) is 33.0 Å². The van der Waals surface area contributed by atoms with Crippen molar-refractivity contribution in [2.75, 3.05) is 5.32 Å². The summed E-state index contributed by atoms with van der Waals surface area (Å²) in [6, 6.07) is 7.38. The third kappa shape index (κ3) is 3.98. The van der Waals surface area contributed by atoms with Gasteiger partial charge in [-0.15, -0.1) is 21.5 Å². The van der Waals surface area contributed by atoms with E-state index in [1.807, 2.05) is 0 Å². The minimum Gasteiger partial charge on any atom is -0.349 e. The lowest BCUT2D eigenvalue weighted by atomic mass is 10.1. The van der Waals surface area contributed by atoms with E-state index in [2.05, 4.69) is 25.8 Å². The summed E-state index contributed by atoms with van der Waals surface area (Å²) in [5, 5.41) is 14.9. The van der Waals surface area contributed by atoms with Gasteiger partial charge in [0.15, 0.2) is 5.82 Å². The van der Waals surface area contributed by atoms with Gasteiger partial charge in [0.1, 0.15) is 11.5 Å². The Hall–Kier alpha value is -3.20. The number of carbonyl (C=O) groups is 2. The number of carbonyl (C=O) groups excluding carboxylic acids is 2. The smallest absolute Gasteiger partial charge is 0.276 e. The number of hydrogen-bond donors (Lipinski definition) is 2. The molecule has 7 nitrogen and oxygen atoms in total. The fraction of sp³-hybridized carbons (Fsp3) is 0.167. The van der Waals surface area contributed by atoms with Crippen molar-refractivity contribution in [2.45, 2.75) is 18.9 Å². The first kappa shape index (κ1) is 17.2. The first-order chi connectivity index (χ1) is 13.1. The molecular weight excluding hydrogens is 369 g/mol. The molecule has 1 saturated carbocycles. The van der Waals surface area contributed by atoms with Crippen molar-refractivity contribution >= 4 is 29.0 Å². The van der Waals surface area contributed by atoms with Gasteiger partial charge in [0.2, 0.25) is 0 Å². The molecule has 1 aromatic carbocycles. The molecule has 9 heteroatoms. The van der Waals surface area contributed by atoms with Gasteiger partial charge in [-0.05, 0) is 43.2 Å². The van der Waals surface area contributed by atoms with Gasteiger partial charge < -0.3 is 10.6 Å². The first-order valence-corrected chi connectivity index (χ1v) is 9.18. The standard InChI is InChI=1S/C18H14FN5O2S/c19-13-4-1-10(17(25)21-11-2-3-11)7-12(13)14-5-6-16(24-23-14)22-18(26)15-8-27-9-20-15/h1,4-9,11H,2-3H2,(H,21,25)(H,22,24,26). The highest BCUT2D eigenvalue weighted by Gasteiger charge is 2.24. The number of thiazole rings is 1. The molecule has 27 heavy (non-hydrogen) atoms. The van der Waals surface area contributed by atoms with Gasteiger partial charge in [-0.1, -0.05) is 0 Å². The SMILES string of the molecule is O=C(NC1CC1)c1ccc(F)c(-c2ccc(NC(=O)c3cscn3)nn2)c1. The summed E-state index contributed by atoms with van der Waals surface area (Å²) in [5.74, 6) is -0.923. The van der Waals surface area contributed by atoms with E-state index in [1.54, 1.807) is 10.9 Å². The van der Waals surface area contributed by atoms with Crippen LogP contribution in [0.2, 0.25) is 0 Å². The van der Waals surface area contributed by atoms with E-state index < -0.39 is 11.7 Å². The van der Waals surface area contributed by atoms with Gasteiger partial charge in [0.05, 0.1) is 11.2 Å². The van der Waals surface area contributed by atoms with Crippen LogP contribution in [0, 0.1) is 5.82 Å². The van der Waals surface area contributed by atoms with Crippen molar-refractivity contribution in [3.05, 3.63) is 58.3 Å². The number of amides is 2. The number of nitrogens with zero attached hydrogens (tertiary/aromatic N) is 3. The molecule has 2 N–H and O–H groups in total. The minimum absolute atomic E-state index is 0.170. The van der Waals surface area contributed by atoms with Crippen molar-refractivity contribution in [3.63, 3.8) is 0 Å². The fourth-order valence-corrected chi connectivity index (χ4v) is 2.94. The van der Waals surface area contributed by atoms with Crippen molar-refractivity contribution in [3.8, 4) is 11.3 Å². The lowest BCUT2D eigenvalue weighted by Crippen LogP contribution is -2.25. The summed E-state index contributed by atoms with van der Waals surface area (Å²) in [7, 11) is 0. The molecule has 0 saturated heterocycles. The summed E-state index contributed by atoms with van der Waals surface area (Å²) in [6.07, 6.45) is 1.94. The quantitative estimate of drug-likeness (QED) is 0.706. The van der Waals surface area contributed by atoms with Crippen LogP contribution in [0.5, 0.6) is 0 Å². The molecule has 2 aromatic heterocycles. The van der Waals surface area contributed by atoms with Gasteiger partial charge in [0.25, 0.3) is 11.8 Å². The maximum absolute atomic E-state index is 14.2. The molecule has 0 atom stereocenters. The number of anilines is 1. The number of benzene rings is 1. The van der Waals surface area contributed by atoms with Crippen molar-refractivity contribution in [1.29, 1.82) is 0 Å². The molecule has 136 valence electrons. The zero-order valence-electron chi connectivity index (χ0n) is 14.0. The molecule has 0 spiro atoms. The second-order valence-corrected chi connectivity index (χ2v) is 6.79. The maximum atomic E-state index is 14.2. The Morgan fingerprint density at radius 1 is 1.11 bits per heavy atom. The molecule has 2 heterocycles. The largest absolute Gasteiger partial charge is 0.349 e. The first-order valence-electron chi connectivity index (χ1n) is 8.24. The number of hydrogen-bond acceptors (Lipinski definition) is 6. The van der Waals surface area contributed by atoms with Crippen LogP contribution in [0.15, 0.2) is 41.2 Å². The van der Waals surface area contributed by atoms with Crippen molar-refractivity contribution in [2.24, 2.45) is 0 Å². The molecule has 0 unspecified atom stereocenters. The number of rotatable bonds is 5. The molecule has 1 aliphatic rings. The molecule has 3 aromatic rings.